The van der Waals surface area contributed by atoms with Gasteiger partial charge >= 0.3 is 0 Å². The predicted molar refractivity (Wildman–Crippen MR) is 150 cm³/mol. The van der Waals surface area contributed by atoms with E-state index in [0.717, 1.165) is 10.9 Å². The van der Waals surface area contributed by atoms with Crippen LogP contribution in [0.2, 0.25) is 5.02 Å². The number of nitrogens with one attached hydrogen (secondary N) is 1. The van der Waals surface area contributed by atoms with Gasteiger partial charge in [0.2, 0.25) is 0 Å². The lowest BCUT2D eigenvalue weighted by molar-refractivity contribution is 0.0475. The molecule has 1 aliphatic rings. The summed E-state index contributed by atoms with van der Waals surface area (Å²) in [6.07, 6.45) is 1.61. The standard InChI is InChI=1S/C28H28ClFN4O3S/c1-19-17-33(18-20-7-12-24(29)25(30)16-20)14-15-34(19)28(35)22-8-10-23(11-9-22)32-38(36,37)26-6-2-4-21-5-3-13-31-27(21)26/h2-13,16,19,32,36-37H,14-15,17-18H2,1H3. The number of amides is 1. The van der Waals surface area contributed by atoms with E-state index in [-0.39, 0.29) is 17.0 Å². The van der Waals surface area contributed by atoms with Gasteiger partial charge in [0.1, 0.15) is 10.7 Å². The van der Waals surface area contributed by atoms with E-state index in [0.29, 0.717) is 47.8 Å². The van der Waals surface area contributed by atoms with E-state index in [2.05, 4.69) is 14.6 Å². The first-order valence-electron chi connectivity index (χ1n) is 12.2. The second kappa shape index (κ2) is 10.9. The van der Waals surface area contributed by atoms with Crippen LogP contribution in [0.25, 0.3) is 10.9 Å². The summed E-state index contributed by atoms with van der Waals surface area (Å²) in [6, 6.07) is 20.4. The van der Waals surface area contributed by atoms with Crippen LogP contribution in [0.1, 0.15) is 22.8 Å². The van der Waals surface area contributed by atoms with E-state index in [9.17, 15) is 18.3 Å². The molecule has 38 heavy (non-hydrogen) atoms. The summed E-state index contributed by atoms with van der Waals surface area (Å²) < 4.78 is 38.4. The lowest BCUT2D eigenvalue weighted by atomic mass is 10.1. The molecule has 3 N–H and O–H groups in total. The molecule has 5 rings (SSSR count). The van der Waals surface area contributed by atoms with E-state index in [4.69, 9.17) is 11.6 Å². The summed E-state index contributed by atoms with van der Waals surface area (Å²) in [7, 11) is -3.38. The van der Waals surface area contributed by atoms with Gasteiger partial charge in [0.15, 0.2) is 0 Å². The van der Waals surface area contributed by atoms with E-state index < -0.39 is 16.6 Å². The number of pyridine rings is 1. The fraction of sp³-hybridized carbons (Fsp3) is 0.214. The number of carbonyl (C=O) groups is 1. The number of piperazine rings is 1. The number of hydrogen-bond donors (Lipinski definition) is 3. The molecule has 0 aliphatic carbocycles. The monoisotopic (exact) mass is 554 g/mol. The second-order valence-corrected chi connectivity index (χ2v) is 11.5. The van der Waals surface area contributed by atoms with Crippen LogP contribution in [0.5, 0.6) is 0 Å². The molecule has 198 valence electrons. The number of benzene rings is 3. The Labute approximate surface area is 227 Å². The zero-order valence-electron chi connectivity index (χ0n) is 20.7. The van der Waals surface area contributed by atoms with Gasteiger partial charge in [0.05, 0.1) is 16.2 Å². The molecule has 7 nitrogen and oxygen atoms in total. The molecule has 1 aromatic heterocycles. The van der Waals surface area contributed by atoms with Crippen LogP contribution in [-0.2, 0) is 6.54 Å². The number of halogens is 2. The number of rotatable bonds is 6. The maximum atomic E-state index is 13.8. The average Bonchev–Trinajstić information content (AvgIpc) is 2.90. The van der Waals surface area contributed by atoms with E-state index in [1.807, 2.05) is 30.0 Å². The Morgan fingerprint density at radius 3 is 2.61 bits per heavy atom. The SMILES string of the molecule is CC1CN(Cc2ccc(Cl)c(F)c2)CCN1C(=O)c1ccc(NS(O)(O)c2cccc3cccnc23)cc1. The Morgan fingerprint density at radius 2 is 1.87 bits per heavy atom. The van der Waals surface area contributed by atoms with Crippen LogP contribution in [0.4, 0.5) is 10.1 Å². The zero-order valence-corrected chi connectivity index (χ0v) is 22.3. The van der Waals surface area contributed by atoms with Crippen molar-refractivity contribution in [2.24, 2.45) is 0 Å². The van der Waals surface area contributed by atoms with E-state index in [1.54, 1.807) is 54.7 Å². The van der Waals surface area contributed by atoms with Gasteiger partial charge in [-0.15, -0.1) is 0 Å². The maximum Gasteiger partial charge on any atom is 0.254 e. The third-order valence-corrected chi connectivity index (χ3v) is 8.43. The summed E-state index contributed by atoms with van der Waals surface area (Å²) in [5.41, 5.74) is 2.34. The molecule has 1 fully saturated rings. The highest BCUT2D eigenvalue weighted by Crippen LogP contribution is 2.50. The normalized spacial score (nSPS) is 17.0. The Morgan fingerprint density at radius 1 is 1.11 bits per heavy atom. The van der Waals surface area contributed by atoms with Gasteiger partial charge in [0, 0.05) is 49.4 Å². The van der Waals surface area contributed by atoms with Gasteiger partial charge < -0.3 is 4.90 Å². The molecule has 4 aromatic rings. The number of nitrogens with zero attached hydrogens (tertiary/aromatic N) is 3. The van der Waals surface area contributed by atoms with Gasteiger partial charge in [-0.2, -0.15) is 0 Å². The fourth-order valence-corrected chi connectivity index (χ4v) is 6.15. The molecule has 0 spiro atoms. The third kappa shape index (κ3) is 5.62. The molecule has 0 radical (unpaired) electrons. The number of carbonyl (C=O) groups excluding carboxylic acids is 1. The van der Waals surface area contributed by atoms with Crippen molar-refractivity contribution >= 4 is 44.9 Å². The minimum Gasteiger partial charge on any atom is -0.333 e. The molecule has 1 atom stereocenters. The molecular formula is C28H28ClFN4O3S. The lowest BCUT2D eigenvalue weighted by Gasteiger charge is -2.40. The van der Waals surface area contributed by atoms with Crippen molar-refractivity contribution in [3.8, 4) is 0 Å². The van der Waals surface area contributed by atoms with Crippen molar-refractivity contribution in [1.82, 2.24) is 14.8 Å². The smallest absolute Gasteiger partial charge is 0.254 e. The summed E-state index contributed by atoms with van der Waals surface area (Å²) >= 11 is 5.79. The number of para-hydroxylation sites is 1. The minimum atomic E-state index is -3.38. The van der Waals surface area contributed by atoms with Crippen molar-refractivity contribution < 1.29 is 18.3 Å². The number of hydrogen-bond acceptors (Lipinski definition) is 6. The van der Waals surface area contributed by atoms with Crippen LogP contribution in [0, 0.1) is 5.82 Å². The van der Waals surface area contributed by atoms with Crippen molar-refractivity contribution in [2.75, 3.05) is 24.4 Å². The molecule has 10 heteroatoms. The summed E-state index contributed by atoms with van der Waals surface area (Å²) in [5.74, 6) is -0.523. The first-order valence-corrected chi connectivity index (χ1v) is 14.1. The maximum absolute atomic E-state index is 13.8. The Balaban J connectivity index is 1.23. The molecule has 1 amide bonds. The molecule has 2 heterocycles. The summed E-state index contributed by atoms with van der Waals surface area (Å²) in [4.78, 5) is 21.9. The van der Waals surface area contributed by atoms with Crippen molar-refractivity contribution in [3.63, 3.8) is 0 Å². The predicted octanol–water partition coefficient (Wildman–Crippen LogP) is 6.51. The average molecular weight is 555 g/mol. The van der Waals surface area contributed by atoms with Gasteiger partial charge in [0.25, 0.3) is 5.91 Å². The number of fused-ring (bicyclic) bond motifs is 1. The molecule has 0 saturated carbocycles. The Kier molecular flexibility index (Phi) is 7.56. The lowest BCUT2D eigenvalue weighted by Crippen LogP contribution is -2.53. The zero-order chi connectivity index (χ0) is 26.9. The van der Waals surface area contributed by atoms with Crippen molar-refractivity contribution in [1.29, 1.82) is 0 Å². The van der Waals surface area contributed by atoms with Crippen LogP contribution in [0.15, 0.2) is 83.9 Å². The van der Waals surface area contributed by atoms with Gasteiger partial charge in [-0.3, -0.25) is 28.5 Å². The molecule has 1 aliphatic heterocycles. The molecular weight excluding hydrogens is 527 g/mol. The van der Waals surface area contributed by atoms with Crippen LogP contribution in [0.3, 0.4) is 0 Å². The number of anilines is 1. The second-order valence-electron chi connectivity index (χ2n) is 9.39. The largest absolute Gasteiger partial charge is 0.333 e. The van der Waals surface area contributed by atoms with Crippen LogP contribution >= 0.6 is 22.4 Å². The van der Waals surface area contributed by atoms with Crippen LogP contribution in [-0.4, -0.2) is 55.5 Å². The highest BCUT2D eigenvalue weighted by Gasteiger charge is 2.28. The quantitative estimate of drug-likeness (QED) is 0.252. The van der Waals surface area contributed by atoms with Crippen molar-refractivity contribution in [3.05, 3.63) is 101 Å². The summed E-state index contributed by atoms with van der Waals surface area (Å²) in [6.45, 7) is 4.45. The first-order chi connectivity index (χ1) is 18.2. The topological polar surface area (TPSA) is 88.9 Å². The van der Waals surface area contributed by atoms with Crippen molar-refractivity contribution in [2.45, 2.75) is 24.4 Å². The van der Waals surface area contributed by atoms with Gasteiger partial charge in [-0.1, -0.05) is 46.6 Å². The van der Waals surface area contributed by atoms with E-state index in [1.165, 1.54) is 6.07 Å². The minimum absolute atomic E-state index is 0.0305. The van der Waals surface area contributed by atoms with Gasteiger partial charge in [-0.25, -0.2) is 4.39 Å². The molecule has 1 saturated heterocycles. The molecule has 3 aromatic carbocycles. The Bertz CT molecular complexity index is 1470. The highest BCUT2D eigenvalue weighted by molar-refractivity contribution is 8.25. The van der Waals surface area contributed by atoms with E-state index >= 15 is 0 Å². The molecule has 1 unspecified atom stereocenters. The molecule has 0 bridgehead atoms. The Hall–Kier alpha value is -3.21. The van der Waals surface area contributed by atoms with Gasteiger partial charge in [-0.05, 0) is 61.0 Å². The summed E-state index contributed by atoms with van der Waals surface area (Å²) in [5, 5.41) is 0.914. The third-order valence-electron chi connectivity index (χ3n) is 6.66. The first kappa shape index (κ1) is 26.4. The fourth-order valence-electron chi connectivity index (χ4n) is 4.75. The highest BCUT2D eigenvalue weighted by atomic mass is 35.5. The van der Waals surface area contributed by atoms with Crippen LogP contribution < -0.4 is 4.72 Å². The number of aromatic nitrogens is 1.